The van der Waals surface area contributed by atoms with Crippen LogP contribution in [0.3, 0.4) is 0 Å². The highest BCUT2D eigenvalue weighted by molar-refractivity contribution is 5.81. The molecule has 1 unspecified atom stereocenters. The number of ether oxygens (including phenoxy) is 7. The number of epoxide rings is 1. The van der Waals surface area contributed by atoms with E-state index in [4.69, 9.17) is 38.2 Å². The second-order valence-electron chi connectivity index (χ2n) is 14.9. The molecule has 45 heavy (non-hydrogen) atoms. The number of aliphatic imine (C=N–C) groups is 1. The van der Waals surface area contributed by atoms with Gasteiger partial charge in [0.2, 0.25) is 0 Å². The number of aliphatic hydroxyl groups excluding tert-OH is 3. The van der Waals surface area contributed by atoms with Crippen LogP contribution in [0.25, 0.3) is 0 Å². The van der Waals surface area contributed by atoms with Gasteiger partial charge in [0.1, 0.15) is 35.1 Å². The molecule has 0 aromatic heterocycles. The predicted octanol–water partition coefficient (Wildman–Crippen LogP) is 2.52. The van der Waals surface area contributed by atoms with Crippen molar-refractivity contribution in [3.8, 4) is 0 Å². The first kappa shape index (κ1) is 35.4. The molecule has 12 heteroatoms. The fourth-order valence-electron chi connectivity index (χ4n) is 7.87. The number of hydrogen-bond donors (Lipinski definition) is 4. The van der Waals surface area contributed by atoms with E-state index in [0.29, 0.717) is 51.4 Å². The Hall–Kier alpha value is -0.930. The summed E-state index contributed by atoms with van der Waals surface area (Å²) in [6.07, 6.45) is -4.39. The van der Waals surface area contributed by atoms with Crippen molar-refractivity contribution in [2.24, 2.45) is 28.7 Å². The number of hydrogen-bond acceptors (Lipinski definition) is 12. The zero-order valence-corrected chi connectivity index (χ0v) is 28.3. The molecule has 5 heterocycles. The Balaban J connectivity index is 1.54. The summed E-state index contributed by atoms with van der Waals surface area (Å²) >= 11 is 0. The molecule has 5 rings (SSSR count). The topological polar surface area (TPSA) is 161 Å². The van der Waals surface area contributed by atoms with Crippen LogP contribution >= 0.6 is 0 Å². The molecule has 260 valence electrons. The summed E-state index contributed by atoms with van der Waals surface area (Å²) in [5.41, 5.74) is -2.91. The summed E-state index contributed by atoms with van der Waals surface area (Å²) in [6, 6.07) is -0.726. The van der Waals surface area contributed by atoms with Crippen molar-refractivity contribution >= 4 is 5.90 Å². The van der Waals surface area contributed by atoms with Crippen molar-refractivity contribution in [1.29, 1.82) is 0 Å². The maximum atomic E-state index is 11.6. The van der Waals surface area contributed by atoms with E-state index in [1.54, 1.807) is 6.92 Å². The van der Waals surface area contributed by atoms with Crippen LogP contribution in [0.4, 0.5) is 0 Å². The largest absolute Gasteiger partial charge is 0.472 e. The Kier molecular flexibility index (Phi) is 10.6. The van der Waals surface area contributed by atoms with Crippen molar-refractivity contribution in [3.05, 3.63) is 0 Å². The quantitative estimate of drug-likeness (QED) is 0.326. The number of aliphatic hydroxyl groups is 4. The van der Waals surface area contributed by atoms with Gasteiger partial charge in [-0.25, -0.2) is 4.99 Å². The zero-order valence-electron chi connectivity index (χ0n) is 28.3. The molecule has 0 amide bonds. The summed E-state index contributed by atoms with van der Waals surface area (Å²) in [5, 5.41) is 45.4. The third kappa shape index (κ3) is 7.11. The summed E-state index contributed by atoms with van der Waals surface area (Å²) in [6.45, 7) is 16.6. The van der Waals surface area contributed by atoms with Crippen LogP contribution in [-0.2, 0) is 33.2 Å². The van der Waals surface area contributed by atoms with Gasteiger partial charge in [0, 0.05) is 37.2 Å². The molecule has 5 aliphatic heterocycles. The molecule has 0 aromatic carbocycles. The molecule has 1 spiro atoms. The van der Waals surface area contributed by atoms with Crippen molar-refractivity contribution in [2.45, 2.75) is 160 Å². The summed E-state index contributed by atoms with van der Waals surface area (Å²) in [4.78, 5) is 4.76. The summed E-state index contributed by atoms with van der Waals surface area (Å²) in [7, 11) is 0. The van der Waals surface area contributed by atoms with Gasteiger partial charge in [-0.15, -0.1) is 0 Å². The van der Waals surface area contributed by atoms with Gasteiger partial charge in [-0.2, -0.15) is 0 Å². The van der Waals surface area contributed by atoms with Crippen LogP contribution in [0.2, 0.25) is 0 Å². The van der Waals surface area contributed by atoms with Gasteiger partial charge in [-0.3, -0.25) is 0 Å². The summed E-state index contributed by atoms with van der Waals surface area (Å²) in [5.74, 6) is -0.494. The monoisotopic (exact) mass is 643 g/mol. The van der Waals surface area contributed by atoms with E-state index < -0.39 is 78.5 Å². The average Bonchev–Trinajstić information content (AvgIpc) is 3.72. The SMILES string of the molecule is CC[C@H]1OC(O)[C@H](C)[C@@H](O[C@H]2C[C@@H](C)[C@@]3(CO2)CO3)[C@H](C)[C@@H](O[C@@H]2OCCC[C@@H]2O)[C@@]2(C)C[C@@H](C)C(=N[C@H](C)[C@@H](O)[C@]1(C)O)O2. The number of fused-ring (bicyclic) bond motifs is 2. The van der Waals surface area contributed by atoms with Gasteiger partial charge >= 0.3 is 0 Å². The lowest BCUT2D eigenvalue weighted by Gasteiger charge is -2.46. The first-order valence-electron chi connectivity index (χ1n) is 17.0. The second-order valence-corrected chi connectivity index (χ2v) is 14.9. The lowest BCUT2D eigenvalue weighted by Crippen LogP contribution is -2.58. The minimum absolute atomic E-state index is 0.118. The Labute approximate surface area is 267 Å². The molecule has 0 aliphatic carbocycles. The Bertz CT molecular complexity index is 1040. The van der Waals surface area contributed by atoms with Crippen LogP contribution in [0.5, 0.6) is 0 Å². The minimum atomic E-state index is -1.73. The van der Waals surface area contributed by atoms with E-state index in [9.17, 15) is 20.4 Å². The smallest absolute Gasteiger partial charge is 0.187 e. The molecule has 0 aromatic rings. The maximum Gasteiger partial charge on any atom is 0.187 e. The fourth-order valence-corrected chi connectivity index (χ4v) is 7.87. The second kappa shape index (κ2) is 13.5. The highest BCUT2D eigenvalue weighted by atomic mass is 16.7. The first-order valence-corrected chi connectivity index (χ1v) is 17.0. The molecule has 4 saturated heterocycles. The van der Waals surface area contributed by atoms with Gasteiger partial charge in [0.05, 0.1) is 31.5 Å². The maximum absolute atomic E-state index is 11.6. The lowest BCUT2D eigenvalue weighted by atomic mass is 9.79. The van der Waals surface area contributed by atoms with E-state index >= 15 is 0 Å². The average molecular weight is 644 g/mol. The third-order valence-corrected chi connectivity index (χ3v) is 11.1. The van der Waals surface area contributed by atoms with E-state index in [0.717, 1.165) is 6.42 Å². The van der Waals surface area contributed by atoms with E-state index in [2.05, 4.69) is 6.92 Å². The van der Waals surface area contributed by atoms with Gasteiger partial charge in [0.15, 0.2) is 24.8 Å². The molecule has 4 N–H and O–H groups in total. The van der Waals surface area contributed by atoms with Gasteiger partial charge < -0.3 is 53.6 Å². The minimum Gasteiger partial charge on any atom is -0.472 e. The highest BCUT2D eigenvalue weighted by Gasteiger charge is 2.56. The Morgan fingerprint density at radius 1 is 0.978 bits per heavy atom. The van der Waals surface area contributed by atoms with Crippen LogP contribution in [0, 0.1) is 23.7 Å². The van der Waals surface area contributed by atoms with Crippen molar-refractivity contribution in [1.82, 2.24) is 0 Å². The number of nitrogens with zero attached hydrogens (tertiary/aromatic N) is 1. The van der Waals surface area contributed by atoms with Crippen LogP contribution in [0.15, 0.2) is 4.99 Å². The predicted molar refractivity (Wildman–Crippen MR) is 163 cm³/mol. The van der Waals surface area contributed by atoms with Gasteiger partial charge in [0.25, 0.3) is 0 Å². The molecular formula is C33H57NO11. The Morgan fingerprint density at radius 2 is 1.69 bits per heavy atom. The molecule has 12 nitrogen and oxygen atoms in total. The highest BCUT2D eigenvalue weighted by Crippen LogP contribution is 2.45. The molecule has 2 bridgehead atoms. The standard InChI is InChI=1S/C33H57NO11/c1-9-23-32(8,38)26(36)21(6)34-28-17(2)14-31(7,45-28)27(44-30-22(35)11-10-12-39-30)19(4)25(20(5)29(37)42-23)43-24-13-18(3)33(15-40-24)16-41-33/h17-27,29-30,35-38H,9-16H2,1-8H3/t17-,18-,19+,20-,21-,22+,23-,24+,25+,26-,27-,29?,30+,31-,32-,33-/m1/s1. The molecule has 4 fully saturated rings. The fraction of sp³-hybridized carbons (Fsp3) is 0.970. The number of rotatable bonds is 5. The van der Waals surface area contributed by atoms with Crippen LogP contribution in [-0.4, -0.2) is 118 Å². The molecule has 0 saturated carbocycles. The summed E-state index contributed by atoms with van der Waals surface area (Å²) < 4.78 is 44.1. The normalized spacial score (nSPS) is 53.0. The van der Waals surface area contributed by atoms with E-state index in [1.807, 2.05) is 34.6 Å². The molecule has 0 radical (unpaired) electrons. The van der Waals surface area contributed by atoms with Gasteiger partial charge in [-0.05, 0) is 46.0 Å². The molecular weight excluding hydrogens is 586 g/mol. The van der Waals surface area contributed by atoms with Gasteiger partial charge in [-0.1, -0.05) is 34.6 Å². The van der Waals surface area contributed by atoms with Crippen LogP contribution < -0.4 is 0 Å². The third-order valence-electron chi connectivity index (χ3n) is 11.1. The molecule has 16 atom stereocenters. The van der Waals surface area contributed by atoms with E-state index in [1.165, 1.54) is 6.92 Å². The van der Waals surface area contributed by atoms with Crippen molar-refractivity contribution < 1.29 is 53.6 Å². The lowest BCUT2D eigenvalue weighted by molar-refractivity contribution is -0.298. The zero-order chi connectivity index (χ0) is 32.9. The first-order chi connectivity index (χ1) is 21.1. The van der Waals surface area contributed by atoms with Crippen molar-refractivity contribution in [2.75, 3.05) is 19.8 Å². The van der Waals surface area contributed by atoms with E-state index in [-0.39, 0.29) is 17.4 Å². The molecule has 5 aliphatic rings. The van der Waals surface area contributed by atoms with Crippen LogP contribution in [0.1, 0.15) is 87.5 Å². The van der Waals surface area contributed by atoms with Crippen molar-refractivity contribution in [3.63, 3.8) is 0 Å². The Morgan fingerprint density at radius 3 is 2.31 bits per heavy atom.